The van der Waals surface area contributed by atoms with Crippen molar-refractivity contribution < 1.29 is 13.9 Å². The van der Waals surface area contributed by atoms with Gasteiger partial charge in [0, 0.05) is 18.0 Å². The van der Waals surface area contributed by atoms with Crippen LogP contribution in [0.3, 0.4) is 0 Å². The number of furan rings is 1. The maximum Gasteiger partial charge on any atom is 0.374 e. The first-order valence-corrected chi connectivity index (χ1v) is 5.38. The Balaban J connectivity index is 2.19. The zero-order valence-electron chi connectivity index (χ0n) is 9.71. The first-order chi connectivity index (χ1) is 8.16. The van der Waals surface area contributed by atoms with Crippen molar-refractivity contribution in [1.29, 1.82) is 0 Å². The molecule has 0 fully saturated rings. The molecule has 0 saturated carbocycles. The maximum atomic E-state index is 11.6. The lowest BCUT2D eigenvalue weighted by Crippen LogP contribution is -2.10. The van der Waals surface area contributed by atoms with Crippen molar-refractivity contribution in [3.05, 3.63) is 42.4 Å². The lowest BCUT2D eigenvalue weighted by atomic mass is 10.2. The molecule has 0 saturated heterocycles. The molecule has 0 unspecified atom stereocenters. The summed E-state index contributed by atoms with van der Waals surface area (Å²) < 4.78 is 10.5. The summed E-state index contributed by atoms with van der Waals surface area (Å²) in [5.41, 5.74) is 0.830. The minimum atomic E-state index is -0.449. The summed E-state index contributed by atoms with van der Waals surface area (Å²) in [6.45, 7) is 3.59. The molecule has 0 atom stereocenters. The van der Waals surface area contributed by atoms with E-state index in [1.165, 1.54) is 0 Å². The average molecular weight is 231 g/mol. The fourth-order valence-corrected chi connectivity index (χ4v) is 1.38. The van der Waals surface area contributed by atoms with Crippen LogP contribution in [0.4, 0.5) is 0 Å². The van der Waals surface area contributed by atoms with Gasteiger partial charge in [0.05, 0.1) is 6.10 Å². The normalized spacial score (nSPS) is 10.5. The fraction of sp³-hybridized carbons (Fsp3) is 0.231. The number of carbonyl (C=O) groups excluding carboxylic acids is 1. The zero-order valence-corrected chi connectivity index (χ0v) is 9.71. The van der Waals surface area contributed by atoms with Crippen molar-refractivity contribution in [3.63, 3.8) is 0 Å². The van der Waals surface area contributed by atoms with E-state index < -0.39 is 5.97 Å². The van der Waals surface area contributed by atoms with Crippen LogP contribution in [0.2, 0.25) is 0 Å². The molecule has 2 aromatic rings. The lowest BCUT2D eigenvalue weighted by molar-refractivity contribution is 0.0342. The van der Waals surface area contributed by atoms with Crippen molar-refractivity contribution in [2.45, 2.75) is 20.0 Å². The number of pyridine rings is 1. The molecule has 0 spiro atoms. The van der Waals surface area contributed by atoms with E-state index in [-0.39, 0.29) is 11.9 Å². The molecule has 4 nitrogen and oxygen atoms in total. The van der Waals surface area contributed by atoms with Crippen LogP contribution in [-0.2, 0) is 4.74 Å². The predicted octanol–water partition coefficient (Wildman–Crippen LogP) is 2.91. The molecule has 4 heteroatoms. The van der Waals surface area contributed by atoms with E-state index in [0.717, 1.165) is 5.56 Å². The molecule has 0 aliphatic rings. The maximum absolute atomic E-state index is 11.6. The number of hydrogen-bond donors (Lipinski definition) is 0. The van der Waals surface area contributed by atoms with Gasteiger partial charge in [-0.1, -0.05) is 0 Å². The molecule has 0 bridgehead atoms. The standard InChI is InChI=1S/C13H13NO3/c1-9(2)16-13(15)12-6-5-11(17-12)10-4-3-7-14-8-10/h3-9H,1-2H3. The fourth-order valence-electron chi connectivity index (χ4n) is 1.38. The Labute approximate surface area is 99.2 Å². The molecular formula is C13H13NO3. The van der Waals surface area contributed by atoms with Gasteiger partial charge in [-0.25, -0.2) is 4.79 Å². The third-order valence-corrected chi connectivity index (χ3v) is 2.10. The Hall–Kier alpha value is -2.10. The SMILES string of the molecule is CC(C)OC(=O)c1ccc(-c2cccnc2)o1. The number of nitrogens with zero attached hydrogens (tertiary/aromatic N) is 1. The summed E-state index contributed by atoms with van der Waals surface area (Å²) in [7, 11) is 0. The van der Waals surface area contributed by atoms with Crippen LogP contribution in [0.1, 0.15) is 24.4 Å². The van der Waals surface area contributed by atoms with E-state index >= 15 is 0 Å². The summed E-state index contributed by atoms with van der Waals surface area (Å²) in [5, 5.41) is 0. The van der Waals surface area contributed by atoms with Crippen LogP contribution >= 0.6 is 0 Å². The van der Waals surface area contributed by atoms with Gasteiger partial charge in [0.2, 0.25) is 5.76 Å². The molecule has 17 heavy (non-hydrogen) atoms. The molecule has 88 valence electrons. The summed E-state index contributed by atoms with van der Waals surface area (Å²) in [4.78, 5) is 15.6. The Morgan fingerprint density at radius 3 is 2.82 bits per heavy atom. The van der Waals surface area contributed by atoms with Crippen LogP contribution in [0, 0.1) is 0 Å². The van der Waals surface area contributed by atoms with Crippen LogP contribution in [0.5, 0.6) is 0 Å². The van der Waals surface area contributed by atoms with E-state index in [0.29, 0.717) is 5.76 Å². The molecule has 0 aliphatic heterocycles. The highest BCUT2D eigenvalue weighted by Crippen LogP contribution is 2.21. The molecular weight excluding hydrogens is 218 g/mol. The van der Waals surface area contributed by atoms with Crippen LogP contribution in [-0.4, -0.2) is 17.1 Å². The highest BCUT2D eigenvalue weighted by Gasteiger charge is 2.14. The van der Waals surface area contributed by atoms with Gasteiger partial charge >= 0.3 is 5.97 Å². The third-order valence-electron chi connectivity index (χ3n) is 2.10. The average Bonchev–Trinajstić information content (AvgIpc) is 2.78. The Morgan fingerprint density at radius 1 is 1.35 bits per heavy atom. The number of hydrogen-bond acceptors (Lipinski definition) is 4. The van der Waals surface area contributed by atoms with Crippen molar-refractivity contribution in [2.24, 2.45) is 0 Å². The van der Waals surface area contributed by atoms with Crippen molar-refractivity contribution in [3.8, 4) is 11.3 Å². The molecule has 0 amide bonds. The molecule has 2 aromatic heterocycles. The van der Waals surface area contributed by atoms with E-state index in [9.17, 15) is 4.79 Å². The van der Waals surface area contributed by atoms with E-state index in [1.807, 2.05) is 12.1 Å². The van der Waals surface area contributed by atoms with Gasteiger partial charge in [0.15, 0.2) is 0 Å². The number of ether oxygens (including phenoxy) is 1. The number of esters is 1. The second-order valence-electron chi connectivity index (χ2n) is 3.86. The topological polar surface area (TPSA) is 52.3 Å². The first kappa shape index (κ1) is 11.4. The second kappa shape index (κ2) is 4.82. The largest absolute Gasteiger partial charge is 0.457 e. The van der Waals surface area contributed by atoms with E-state index in [1.54, 1.807) is 38.4 Å². The summed E-state index contributed by atoms with van der Waals surface area (Å²) >= 11 is 0. The van der Waals surface area contributed by atoms with E-state index in [4.69, 9.17) is 9.15 Å². The lowest BCUT2D eigenvalue weighted by Gasteiger charge is -2.04. The quantitative estimate of drug-likeness (QED) is 0.762. The van der Waals surface area contributed by atoms with Crippen molar-refractivity contribution >= 4 is 5.97 Å². The summed E-state index contributed by atoms with van der Waals surface area (Å²) in [6, 6.07) is 7.01. The number of carbonyl (C=O) groups is 1. The monoisotopic (exact) mass is 231 g/mol. The number of rotatable bonds is 3. The van der Waals surface area contributed by atoms with Gasteiger partial charge in [-0.3, -0.25) is 4.98 Å². The Morgan fingerprint density at radius 2 is 2.18 bits per heavy atom. The zero-order chi connectivity index (χ0) is 12.3. The Kier molecular flexibility index (Phi) is 3.23. The van der Waals surface area contributed by atoms with E-state index in [2.05, 4.69) is 4.98 Å². The first-order valence-electron chi connectivity index (χ1n) is 5.38. The van der Waals surface area contributed by atoms with Crippen LogP contribution in [0.25, 0.3) is 11.3 Å². The molecule has 0 radical (unpaired) electrons. The minimum Gasteiger partial charge on any atom is -0.457 e. The smallest absolute Gasteiger partial charge is 0.374 e. The molecule has 2 rings (SSSR count). The van der Waals surface area contributed by atoms with Gasteiger partial charge in [0.1, 0.15) is 5.76 Å². The minimum absolute atomic E-state index is 0.158. The second-order valence-corrected chi connectivity index (χ2v) is 3.86. The van der Waals surface area contributed by atoms with Gasteiger partial charge in [-0.15, -0.1) is 0 Å². The molecule has 0 aromatic carbocycles. The highest BCUT2D eigenvalue weighted by atomic mass is 16.6. The van der Waals surface area contributed by atoms with Crippen molar-refractivity contribution in [1.82, 2.24) is 4.98 Å². The van der Waals surface area contributed by atoms with Gasteiger partial charge in [-0.05, 0) is 38.1 Å². The summed E-state index contributed by atoms with van der Waals surface area (Å²) in [5.74, 6) is 0.362. The van der Waals surface area contributed by atoms with Crippen LogP contribution < -0.4 is 0 Å². The number of aromatic nitrogens is 1. The summed E-state index contributed by atoms with van der Waals surface area (Å²) in [6.07, 6.45) is 3.20. The molecule has 0 N–H and O–H groups in total. The Bertz CT molecular complexity index is 502. The highest BCUT2D eigenvalue weighted by molar-refractivity contribution is 5.87. The predicted molar refractivity (Wildman–Crippen MR) is 62.5 cm³/mol. The van der Waals surface area contributed by atoms with Gasteiger partial charge in [-0.2, -0.15) is 0 Å². The molecule has 2 heterocycles. The molecule has 0 aliphatic carbocycles. The third kappa shape index (κ3) is 2.72. The van der Waals surface area contributed by atoms with Gasteiger partial charge < -0.3 is 9.15 Å². The van der Waals surface area contributed by atoms with Crippen LogP contribution in [0.15, 0.2) is 41.1 Å². The van der Waals surface area contributed by atoms with Crippen molar-refractivity contribution in [2.75, 3.05) is 0 Å². The van der Waals surface area contributed by atoms with Gasteiger partial charge in [0.25, 0.3) is 0 Å².